The zero-order valence-electron chi connectivity index (χ0n) is 15.9. The van der Waals surface area contributed by atoms with Crippen molar-refractivity contribution in [1.29, 1.82) is 0 Å². The van der Waals surface area contributed by atoms with E-state index in [0.29, 0.717) is 17.9 Å². The Bertz CT molecular complexity index is 862. The maximum absolute atomic E-state index is 12.7. The lowest BCUT2D eigenvalue weighted by atomic mass is 10.1. The van der Waals surface area contributed by atoms with Crippen molar-refractivity contribution in [2.75, 3.05) is 23.9 Å². The number of nitrogens with one attached hydrogen (secondary N) is 2. The minimum Gasteiger partial charge on any atom is -0.497 e. The van der Waals surface area contributed by atoms with E-state index in [4.69, 9.17) is 4.74 Å². The summed E-state index contributed by atoms with van der Waals surface area (Å²) in [5.41, 5.74) is 2.24. The summed E-state index contributed by atoms with van der Waals surface area (Å²) in [6.45, 7) is 2.01. The highest BCUT2D eigenvalue weighted by Crippen LogP contribution is 2.24. The van der Waals surface area contributed by atoms with E-state index in [1.165, 1.54) is 11.8 Å². The van der Waals surface area contributed by atoms with Gasteiger partial charge in [0.15, 0.2) is 0 Å². The van der Waals surface area contributed by atoms with Gasteiger partial charge < -0.3 is 15.4 Å². The van der Waals surface area contributed by atoms with Crippen molar-refractivity contribution in [2.45, 2.75) is 25.8 Å². The van der Waals surface area contributed by atoms with Crippen molar-refractivity contribution in [3.05, 3.63) is 54.1 Å². The van der Waals surface area contributed by atoms with Gasteiger partial charge in [-0.3, -0.25) is 14.4 Å². The van der Waals surface area contributed by atoms with Crippen LogP contribution in [0.15, 0.2) is 48.5 Å². The fourth-order valence-electron chi connectivity index (χ4n) is 3.14. The second kappa shape index (κ2) is 8.67. The Morgan fingerprint density at radius 3 is 2.39 bits per heavy atom. The minimum atomic E-state index is -0.527. The highest BCUT2D eigenvalue weighted by molar-refractivity contribution is 6.22. The summed E-state index contributed by atoms with van der Waals surface area (Å²) in [4.78, 5) is 37.3. The maximum Gasteiger partial charge on any atom is 0.251 e. The largest absolute Gasteiger partial charge is 0.497 e. The van der Waals surface area contributed by atoms with Crippen LogP contribution >= 0.6 is 0 Å². The van der Waals surface area contributed by atoms with Crippen molar-refractivity contribution in [3.63, 3.8) is 0 Å². The number of hydrogen-bond acceptors (Lipinski definition) is 5. The molecule has 146 valence electrons. The summed E-state index contributed by atoms with van der Waals surface area (Å²) in [5.74, 6) is 0.127. The van der Waals surface area contributed by atoms with Gasteiger partial charge in [0.05, 0.1) is 25.3 Å². The molecule has 2 N–H and O–H groups in total. The first-order valence-electron chi connectivity index (χ1n) is 9.08. The summed E-state index contributed by atoms with van der Waals surface area (Å²) < 4.78 is 5.14. The van der Waals surface area contributed by atoms with Gasteiger partial charge in [0.25, 0.3) is 5.91 Å². The third kappa shape index (κ3) is 4.55. The van der Waals surface area contributed by atoms with E-state index >= 15 is 0 Å². The Kier molecular flexibility index (Phi) is 6.06. The molecule has 0 radical (unpaired) electrons. The Hall–Kier alpha value is -3.19. The van der Waals surface area contributed by atoms with Gasteiger partial charge in [0, 0.05) is 12.6 Å². The molecule has 1 atom stereocenters. The predicted molar refractivity (Wildman–Crippen MR) is 106 cm³/mol. The van der Waals surface area contributed by atoms with Gasteiger partial charge >= 0.3 is 0 Å². The molecule has 1 aliphatic heterocycles. The van der Waals surface area contributed by atoms with Gasteiger partial charge in [-0.25, -0.2) is 4.90 Å². The van der Waals surface area contributed by atoms with Crippen LogP contribution in [0.4, 0.5) is 11.4 Å². The smallest absolute Gasteiger partial charge is 0.251 e. The molecule has 1 fully saturated rings. The molecule has 0 aromatic heterocycles. The first-order chi connectivity index (χ1) is 13.5. The predicted octanol–water partition coefficient (Wildman–Crippen LogP) is 2.12. The first kappa shape index (κ1) is 19.6. The Balaban J connectivity index is 1.57. The van der Waals surface area contributed by atoms with Crippen LogP contribution in [0.25, 0.3) is 0 Å². The molecule has 0 unspecified atom stereocenters. The second-order valence-electron chi connectivity index (χ2n) is 6.60. The number of methoxy groups -OCH3 is 1. The molecule has 3 amide bonds. The van der Waals surface area contributed by atoms with Crippen LogP contribution in [-0.2, 0) is 20.8 Å². The zero-order chi connectivity index (χ0) is 20.1. The third-order valence-corrected chi connectivity index (χ3v) is 4.56. The maximum atomic E-state index is 12.7. The lowest BCUT2D eigenvalue weighted by Gasteiger charge is -2.16. The van der Waals surface area contributed by atoms with Gasteiger partial charge in [0.1, 0.15) is 5.75 Å². The standard InChI is InChI=1S/C21H23N3O4/c1-14(25)23-16-5-7-17(8-6-16)24-20(26)13-19(21(24)27)22-12-11-15-3-9-18(28-2)10-4-15/h3-10,19,22H,11-13H2,1-2H3,(H,23,25)/t19-/m1/s1. The molecule has 1 saturated heterocycles. The van der Waals surface area contributed by atoms with Crippen molar-refractivity contribution in [1.82, 2.24) is 5.32 Å². The number of amides is 3. The topological polar surface area (TPSA) is 87.7 Å². The van der Waals surface area contributed by atoms with Gasteiger partial charge in [-0.15, -0.1) is 0 Å². The van der Waals surface area contributed by atoms with Gasteiger partial charge in [0.2, 0.25) is 11.8 Å². The number of carbonyl (C=O) groups is 3. The quantitative estimate of drug-likeness (QED) is 0.718. The van der Waals surface area contributed by atoms with Crippen molar-refractivity contribution in [3.8, 4) is 5.75 Å². The van der Waals surface area contributed by atoms with Crippen molar-refractivity contribution >= 4 is 29.1 Å². The average molecular weight is 381 g/mol. The Labute approximate surface area is 163 Å². The van der Waals surface area contributed by atoms with Gasteiger partial charge in [-0.05, 0) is 54.9 Å². The molecule has 2 aromatic rings. The number of rotatable bonds is 7. The molecular weight excluding hydrogens is 358 g/mol. The third-order valence-electron chi connectivity index (χ3n) is 4.56. The summed E-state index contributed by atoms with van der Waals surface area (Å²) >= 11 is 0. The molecule has 1 heterocycles. The number of carbonyl (C=O) groups excluding carboxylic acids is 3. The van der Waals surface area contributed by atoms with Crippen LogP contribution in [0.2, 0.25) is 0 Å². The highest BCUT2D eigenvalue weighted by atomic mass is 16.5. The monoisotopic (exact) mass is 381 g/mol. The molecule has 28 heavy (non-hydrogen) atoms. The van der Waals surface area contributed by atoms with E-state index in [1.54, 1.807) is 31.4 Å². The number of hydrogen-bond donors (Lipinski definition) is 2. The zero-order valence-corrected chi connectivity index (χ0v) is 15.9. The Morgan fingerprint density at radius 2 is 1.79 bits per heavy atom. The molecule has 7 heteroatoms. The molecule has 3 rings (SSSR count). The minimum absolute atomic E-state index is 0.134. The summed E-state index contributed by atoms with van der Waals surface area (Å²) in [5, 5.41) is 5.83. The van der Waals surface area contributed by atoms with Crippen LogP contribution in [0.5, 0.6) is 5.75 Å². The van der Waals surface area contributed by atoms with E-state index in [2.05, 4.69) is 10.6 Å². The van der Waals surface area contributed by atoms with Crippen LogP contribution in [0.1, 0.15) is 18.9 Å². The van der Waals surface area contributed by atoms with Gasteiger partial charge in [-0.2, -0.15) is 0 Å². The number of anilines is 2. The lowest BCUT2D eigenvalue weighted by molar-refractivity contribution is -0.121. The molecule has 0 saturated carbocycles. The van der Waals surface area contributed by atoms with Crippen LogP contribution < -0.4 is 20.3 Å². The molecule has 7 nitrogen and oxygen atoms in total. The summed E-state index contributed by atoms with van der Waals surface area (Å²) in [6, 6.07) is 13.9. The molecule has 0 bridgehead atoms. The molecule has 0 aliphatic carbocycles. The number of benzene rings is 2. The molecule has 2 aromatic carbocycles. The molecule has 1 aliphatic rings. The number of ether oxygens (including phenoxy) is 1. The van der Waals surface area contributed by atoms with E-state index in [1.807, 2.05) is 24.3 Å². The SMILES string of the molecule is COc1ccc(CCN[C@@H]2CC(=O)N(c3ccc(NC(C)=O)cc3)C2=O)cc1. The summed E-state index contributed by atoms with van der Waals surface area (Å²) in [6.07, 6.45) is 0.877. The Morgan fingerprint density at radius 1 is 1.11 bits per heavy atom. The van der Waals surface area contributed by atoms with E-state index in [9.17, 15) is 14.4 Å². The van der Waals surface area contributed by atoms with E-state index < -0.39 is 6.04 Å². The first-order valence-corrected chi connectivity index (χ1v) is 9.08. The second-order valence-corrected chi connectivity index (χ2v) is 6.60. The van der Waals surface area contributed by atoms with Crippen molar-refractivity contribution < 1.29 is 19.1 Å². The normalized spacial score (nSPS) is 16.4. The average Bonchev–Trinajstić information content (AvgIpc) is 2.96. The van der Waals surface area contributed by atoms with E-state index in [-0.39, 0.29) is 24.1 Å². The van der Waals surface area contributed by atoms with Crippen LogP contribution in [0, 0.1) is 0 Å². The summed E-state index contributed by atoms with van der Waals surface area (Å²) in [7, 11) is 1.62. The van der Waals surface area contributed by atoms with Crippen molar-refractivity contribution in [2.24, 2.45) is 0 Å². The van der Waals surface area contributed by atoms with E-state index in [0.717, 1.165) is 17.7 Å². The number of imide groups is 1. The molecular formula is C21H23N3O4. The molecule has 0 spiro atoms. The fraction of sp³-hybridized carbons (Fsp3) is 0.286. The highest BCUT2D eigenvalue weighted by Gasteiger charge is 2.39. The number of nitrogens with zero attached hydrogens (tertiary/aromatic N) is 1. The van der Waals surface area contributed by atoms with Gasteiger partial charge in [-0.1, -0.05) is 12.1 Å². The van der Waals surface area contributed by atoms with Crippen LogP contribution in [-0.4, -0.2) is 37.4 Å². The lowest BCUT2D eigenvalue weighted by Crippen LogP contribution is -2.39. The van der Waals surface area contributed by atoms with Crippen LogP contribution in [0.3, 0.4) is 0 Å². The fourth-order valence-corrected chi connectivity index (χ4v) is 3.14.